The summed E-state index contributed by atoms with van der Waals surface area (Å²) in [6, 6.07) is 2.13. The molecule has 5 nitrogen and oxygen atoms in total. The van der Waals surface area contributed by atoms with Crippen molar-refractivity contribution in [1.82, 2.24) is 0 Å². The van der Waals surface area contributed by atoms with Crippen molar-refractivity contribution in [2.24, 2.45) is 5.73 Å². The van der Waals surface area contributed by atoms with Gasteiger partial charge in [-0.2, -0.15) is 0 Å². The number of hydrogen-bond acceptors (Lipinski definition) is 5. The SMILES string of the molecule is Cc1c2c(cc3c1OC(C)C3COCCN)C(C)CC(=O)O2. The van der Waals surface area contributed by atoms with Crippen LogP contribution >= 0.6 is 0 Å². The Morgan fingerprint density at radius 1 is 1.32 bits per heavy atom. The lowest BCUT2D eigenvalue weighted by Crippen LogP contribution is -2.21. The van der Waals surface area contributed by atoms with Gasteiger partial charge in [-0.3, -0.25) is 4.79 Å². The Morgan fingerprint density at radius 2 is 2.09 bits per heavy atom. The van der Waals surface area contributed by atoms with Gasteiger partial charge in [0.1, 0.15) is 17.6 Å². The molecule has 0 radical (unpaired) electrons. The molecule has 1 aromatic carbocycles. The van der Waals surface area contributed by atoms with Crippen LogP contribution in [0.5, 0.6) is 11.5 Å². The summed E-state index contributed by atoms with van der Waals surface area (Å²) in [7, 11) is 0. The van der Waals surface area contributed by atoms with Crippen molar-refractivity contribution >= 4 is 5.97 Å². The summed E-state index contributed by atoms with van der Waals surface area (Å²) in [4.78, 5) is 11.7. The Kier molecular flexibility index (Phi) is 4.10. The zero-order valence-electron chi connectivity index (χ0n) is 13.3. The van der Waals surface area contributed by atoms with Crippen LogP contribution in [0.1, 0.15) is 48.8 Å². The smallest absolute Gasteiger partial charge is 0.311 e. The molecule has 1 aromatic rings. The van der Waals surface area contributed by atoms with Crippen molar-refractivity contribution in [2.75, 3.05) is 19.8 Å². The first-order valence-corrected chi connectivity index (χ1v) is 7.85. The molecular weight excluding hydrogens is 282 g/mol. The molecule has 0 saturated heterocycles. The highest BCUT2D eigenvalue weighted by molar-refractivity contribution is 5.78. The number of benzene rings is 1. The first kappa shape index (κ1) is 15.3. The van der Waals surface area contributed by atoms with Gasteiger partial charge in [0.05, 0.1) is 19.6 Å². The van der Waals surface area contributed by atoms with Crippen molar-refractivity contribution in [1.29, 1.82) is 0 Å². The van der Waals surface area contributed by atoms with Crippen LogP contribution < -0.4 is 15.2 Å². The van der Waals surface area contributed by atoms with E-state index in [9.17, 15) is 4.79 Å². The summed E-state index contributed by atoms with van der Waals surface area (Å²) in [6.45, 7) is 7.73. The van der Waals surface area contributed by atoms with Gasteiger partial charge in [0.15, 0.2) is 0 Å². The van der Waals surface area contributed by atoms with Crippen LogP contribution in [-0.2, 0) is 9.53 Å². The first-order chi connectivity index (χ1) is 10.5. The minimum absolute atomic E-state index is 0.0429. The Bertz CT molecular complexity index is 599. The van der Waals surface area contributed by atoms with E-state index in [0.717, 1.165) is 22.4 Å². The second kappa shape index (κ2) is 5.89. The van der Waals surface area contributed by atoms with Crippen LogP contribution in [0.15, 0.2) is 6.07 Å². The fraction of sp³-hybridized carbons (Fsp3) is 0.588. The molecule has 22 heavy (non-hydrogen) atoms. The molecule has 5 heteroatoms. The highest BCUT2D eigenvalue weighted by Crippen LogP contribution is 2.48. The number of esters is 1. The molecule has 0 aromatic heterocycles. The molecular formula is C17H23NO4. The standard InChI is InChI=1S/C17H23NO4/c1-9-6-15(19)22-16-10(2)17-13(7-12(9)16)14(11(3)21-17)8-20-5-4-18/h7,9,11,14H,4-6,8,18H2,1-3H3. The fourth-order valence-electron chi connectivity index (χ4n) is 3.32. The molecule has 2 heterocycles. The second-order valence-electron chi connectivity index (χ2n) is 6.21. The number of hydrogen-bond donors (Lipinski definition) is 1. The van der Waals surface area contributed by atoms with Crippen LogP contribution in [0.3, 0.4) is 0 Å². The van der Waals surface area contributed by atoms with E-state index in [1.165, 1.54) is 0 Å². The molecule has 2 aliphatic rings. The van der Waals surface area contributed by atoms with Gasteiger partial charge in [0, 0.05) is 23.6 Å². The van der Waals surface area contributed by atoms with E-state index in [4.69, 9.17) is 19.9 Å². The summed E-state index contributed by atoms with van der Waals surface area (Å²) in [6.07, 6.45) is 0.469. The second-order valence-corrected chi connectivity index (χ2v) is 6.21. The van der Waals surface area contributed by atoms with Crippen LogP contribution in [0, 0.1) is 6.92 Å². The lowest BCUT2D eigenvalue weighted by molar-refractivity contribution is -0.135. The zero-order valence-corrected chi connectivity index (χ0v) is 13.3. The van der Waals surface area contributed by atoms with Gasteiger partial charge in [-0.15, -0.1) is 0 Å². The number of carbonyl (C=O) groups is 1. The van der Waals surface area contributed by atoms with Gasteiger partial charge < -0.3 is 19.9 Å². The molecule has 0 spiro atoms. The van der Waals surface area contributed by atoms with Crippen molar-refractivity contribution in [3.8, 4) is 11.5 Å². The first-order valence-electron chi connectivity index (χ1n) is 7.85. The van der Waals surface area contributed by atoms with Crippen LogP contribution in [0.2, 0.25) is 0 Å². The van der Waals surface area contributed by atoms with Gasteiger partial charge >= 0.3 is 5.97 Å². The van der Waals surface area contributed by atoms with E-state index in [1.54, 1.807) is 0 Å². The van der Waals surface area contributed by atoms with Crippen molar-refractivity contribution in [3.05, 3.63) is 22.8 Å². The van der Waals surface area contributed by atoms with Gasteiger partial charge in [-0.05, 0) is 31.4 Å². The lowest BCUT2D eigenvalue weighted by atomic mass is 9.87. The van der Waals surface area contributed by atoms with E-state index < -0.39 is 0 Å². The van der Waals surface area contributed by atoms with Gasteiger partial charge in [-0.1, -0.05) is 6.92 Å². The van der Waals surface area contributed by atoms with Crippen LogP contribution in [-0.4, -0.2) is 31.8 Å². The van der Waals surface area contributed by atoms with E-state index in [0.29, 0.717) is 31.9 Å². The van der Waals surface area contributed by atoms with Gasteiger partial charge in [-0.25, -0.2) is 0 Å². The monoisotopic (exact) mass is 305 g/mol. The third-order valence-electron chi connectivity index (χ3n) is 4.57. The maximum Gasteiger partial charge on any atom is 0.311 e. The highest BCUT2D eigenvalue weighted by atomic mass is 16.5. The largest absolute Gasteiger partial charge is 0.489 e. The van der Waals surface area contributed by atoms with Crippen LogP contribution in [0.4, 0.5) is 0 Å². The highest BCUT2D eigenvalue weighted by Gasteiger charge is 2.37. The molecule has 120 valence electrons. The molecule has 0 aliphatic carbocycles. The fourth-order valence-corrected chi connectivity index (χ4v) is 3.32. The van der Waals surface area contributed by atoms with Crippen molar-refractivity contribution in [3.63, 3.8) is 0 Å². The van der Waals surface area contributed by atoms with Gasteiger partial charge in [0.25, 0.3) is 0 Å². The van der Waals surface area contributed by atoms with Crippen molar-refractivity contribution < 1.29 is 19.0 Å². The third-order valence-corrected chi connectivity index (χ3v) is 4.57. The molecule has 2 aliphatic heterocycles. The summed E-state index contributed by atoms with van der Waals surface area (Å²) < 4.78 is 17.1. The Hall–Kier alpha value is -1.59. The average molecular weight is 305 g/mol. The quantitative estimate of drug-likeness (QED) is 0.525. The third kappa shape index (κ3) is 2.48. The minimum Gasteiger partial charge on any atom is -0.489 e. The molecule has 3 rings (SSSR count). The van der Waals surface area contributed by atoms with Crippen molar-refractivity contribution in [2.45, 2.75) is 45.1 Å². The predicted molar refractivity (Wildman–Crippen MR) is 82.6 cm³/mol. The van der Waals surface area contributed by atoms with E-state index in [-0.39, 0.29) is 23.9 Å². The summed E-state index contributed by atoms with van der Waals surface area (Å²) >= 11 is 0. The molecule has 0 bridgehead atoms. The Labute approximate surface area is 130 Å². The van der Waals surface area contributed by atoms with E-state index >= 15 is 0 Å². The molecule has 0 saturated carbocycles. The number of rotatable bonds is 4. The van der Waals surface area contributed by atoms with E-state index in [1.807, 2.05) is 13.8 Å². The number of ether oxygens (including phenoxy) is 3. The normalized spacial score (nSPS) is 26.2. The number of nitrogens with two attached hydrogens (primary N) is 1. The zero-order chi connectivity index (χ0) is 15.9. The topological polar surface area (TPSA) is 70.8 Å². The average Bonchev–Trinajstić information content (AvgIpc) is 2.78. The Morgan fingerprint density at radius 3 is 2.82 bits per heavy atom. The Balaban J connectivity index is 1.98. The summed E-state index contributed by atoms with van der Waals surface area (Å²) in [5, 5.41) is 0. The lowest BCUT2D eigenvalue weighted by Gasteiger charge is -2.24. The maximum atomic E-state index is 11.7. The summed E-state index contributed by atoms with van der Waals surface area (Å²) in [5.41, 5.74) is 8.65. The maximum absolute atomic E-state index is 11.7. The molecule has 0 fully saturated rings. The molecule has 3 unspecified atom stereocenters. The molecule has 0 amide bonds. The van der Waals surface area contributed by atoms with Gasteiger partial charge in [0.2, 0.25) is 0 Å². The number of fused-ring (bicyclic) bond motifs is 2. The summed E-state index contributed by atoms with van der Waals surface area (Å²) in [5.74, 6) is 1.71. The number of carbonyl (C=O) groups excluding carboxylic acids is 1. The molecule has 3 atom stereocenters. The minimum atomic E-state index is -0.170. The predicted octanol–water partition coefficient (Wildman–Crippen LogP) is 2.25. The van der Waals surface area contributed by atoms with E-state index in [2.05, 4.69) is 13.0 Å². The molecule has 2 N–H and O–H groups in total. The van der Waals surface area contributed by atoms with Crippen LogP contribution in [0.25, 0.3) is 0 Å².